The molecule has 3 heterocycles. The van der Waals surface area contributed by atoms with Crippen LogP contribution in [0.25, 0.3) is 11.5 Å². The van der Waals surface area contributed by atoms with E-state index in [1.807, 2.05) is 31.2 Å². The molecule has 112 valence electrons. The molecule has 0 aromatic carbocycles. The third-order valence-electron chi connectivity index (χ3n) is 3.34. The van der Waals surface area contributed by atoms with Gasteiger partial charge in [-0.05, 0) is 43.7 Å². The predicted molar refractivity (Wildman–Crippen MR) is 81.3 cm³/mol. The van der Waals surface area contributed by atoms with Gasteiger partial charge < -0.3 is 14.2 Å². The number of pyridine rings is 1. The second kappa shape index (κ2) is 5.89. The van der Waals surface area contributed by atoms with Crippen molar-refractivity contribution in [2.24, 2.45) is 0 Å². The molecule has 0 radical (unpaired) electrons. The molecule has 0 atom stereocenters. The van der Waals surface area contributed by atoms with Crippen LogP contribution in [-0.2, 0) is 6.54 Å². The fourth-order valence-corrected chi connectivity index (χ4v) is 2.23. The summed E-state index contributed by atoms with van der Waals surface area (Å²) in [5.74, 6) is 1.93. The molecule has 22 heavy (non-hydrogen) atoms. The average molecular weight is 296 g/mol. The van der Waals surface area contributed by atoms with E-state index in [1.54, 1.807) is 25.5 Å². The summed E-state index contributed by atoms with van der Waals surface area (Å²) in [5, 5.41) is 2.86. The molecule has 3 rings (SSSR count). The van der Waals surface area contributed by atoms with Crippen LogP contribution < -0.4 is 5.32 Å². The lowest BCUT2D eigenvalue weighted by molar-refractivity contribution is 0.0949. The largest absolute Gasteiger partial charge is 0.466 e. The van der Waals surface area contributed by atoms with Gasteiger partial charge in [0.2, 0.25) is 0 Å². The zero-order chi connectivity index (χ0) is 15.5. The molecule has 3 aromatic heterocycles. The smallest absolute Gasteiger partial charge is 0.255 e. The van der Waals surface area contributed by atoms with E-state index in [4.69, 9.17) is 8.83 Å². The number of amides is 1. The first kappa shape index (κ1) is 14.1. The van der Waals surface area contributed by atoms with E-state index in [-0.39, 0.29) is 5.91 Å². The van der Waals surface area contributed by atoms with Gasteiger partial charge in [-0.15, -0.1) is 0 Å². The van der Waals surface area contributed by atoms with Crippen LogP contribution in [0.4, 0.5) is 0 Å². The number of rotatable bonds is 4. The van der Waals surface area contributed by atoms with Crippen molar-refractivity contribution in [2.75, 3.05) is 0 Å². The third kappa shape index (κ3) is 2.93. The highest BCUT2D eigenvalue weighted by Gasteiger charge is 2.13. The van der Waals surface area contributed by atoms with Gasteiger partial charge in [0.25, 0.3) is 5.91 Å². The summed E-state index contributed by atoms with van der Waals surface area (Å²) in [6, 6.07) is 9.20. The highest BCUT2D eigenvalue weighted by atomic mass is 16.3. The van der Waals surface area contributed by atoms with Gasteiger partial charge in [0.05, 0.1) is 11.8 Å². The molecule has 5 heteroatoms. The number of carbonyl (C=O) groups is 1. The summed E-state index contributed by atoms with van der Waals surface area (Å²) < 4.78 is 10.6. The Kier molecular flexibility index (Phi) is 3.78. The molecular formula is C17H16N2O3. The molecule has 0 unspecified atom stereocenters. The van der Waals surface area contributed by atoms with Crippen LogP contribution in [0.2, 0.25) is 0 Å². The molecule has 0 aliphatic carbocycles. The molecule has 1 N–H and O–H groups in total. The highest BCUT2D eigenvalue weighted by Crippen LogP contribution is 2.17. The lowest BCUT2D eigenvalue weighted by Gasteiger charge is -2.05. The van der Waals surface area contributed by atoms with Crippen molar-refractivity contribution in [3.8, 4) is 11.5 Å². The zero-order valence-electron chi connectivity index (χ0n) is 12.4. The Hall–Kier alpha value is -2.82. The molecule has 3 aromatic rings. The molecular weight excluding hydrogens is 280 g/mol. The van der Waals surface area contributed by atoms with E-state index in [0.29, 0.717) is 17.9 Å². The predicted octanol–water partition coefficient (Wildman–Crippen LogP) is 3.48. The van der Waals surface area contributed by atoms with Crippen LogP contribution in [0.5, 0.6) is 0 Å². The minimum atomic E-state index is -0.149. The summed E-state index contributed by atoms with van der Waals surface area (Å²) >= 11 is 0. The second-order valence-electron chi connectivity index (χ2n) is 5.04. The third-order valence-corrected chi connectivity index (χ3v) is 3.34. The standard InChI is InChI=1S/C17H16N2O3/c1-11-8-14(12(2)22-11)17(20)19-10-13-5-6-15(18-9-13)16-4-3-7-21-16/h3-9H,10H2,1-2H3,(H,19,20). The van der Waals surface area contributed by atoms with Crippen LogP contribution >= 0.6 is 0 Å². The summed E-state index contributed by atoms with van der Waals surface area (Å²) in [6.45, 7) is 4.01. The number of hydrogen-bond acceptors (Lipinski definition) is 4. The maximum Gasteiger partial charge on any atom is 0.255 e. The fraction of sp³-hybridized carbons (Fsp3) is 0.176. The fourth-order valence-electron chi connectivity index (χ4n) is 2.23. The topological polar surface area (TPSA) is 68.3 Å². The molecule has 0 aliphatic heterocycles. The van der Waals surface area contributed by atoms with Crippen molar-refractivity contribution >= 4 is 5.91 Å². The van der Waals surface area contributed by atoms with Gasteiger partial charge in [-0.3, -0.25) is 9.78 Å². The van der Waals surface area contributed by atoms with Crippen molar-refractivity contribution in [3.05, 3.63) is 65.4 Å². The van der Waals surface area contributed by atoms with Crippen molar-refractivity contribution in [2.45, 2.75) is 20.4 Å². The molecule has 0 bridgehead atoms. The van der Waals surface area contributed by atoms with Crippen molar-refractivity contribution < 1.29 is 13.6 Å². The summed E-state index contributed by atoms with van der Waals surface area (Å²) in [5.41, 5.74) is 2.25. The van der Waals surface area contributed by atoms with Crippen LogP contribution in [0.3, 0.4) is 0 Å². The van der Waals surface area contributed by atoms with Crippen LogP contribution in [0.1, 0.15) is 27.4 Å². The van der Waals surface area contributed by atoms with Crippen LogP contribution in [0.15, 0.2) is 51.6 Å². The van der Waals surface area contributed by atoms with E-state index in [9.17, 15) is 4.79 Å². The molecule has 0 fully saturated rings. The molecule has 0 saturated carbocycles. The van der Waals surface area contributed by atoms with E-state index in [1.165, 1.54) is 0 Å². The van der Waals surface area contributed by atoms with Gasteiger partial charge in [-0.25, -0.2) is 0 Å². The monoisotopic (exact) mass is 296 g/mol. The van der Waals surface area contributed by atoms with Gasteiger partial charge in [0.1, 0.15) is 17.2 Å². The van der Waals surface area contributed by atoms with E-state index in [0.717, 1.165) is 22.8 Å². The number of nitrogens with zero attached hydrogens (tertiary/aromatic N) is 1. The summed E-state index contributed by atoms with van der Waals surface area (Å²) in [4.78, 5) is 16.4. The Bertz CT molecular complexity index is 771. The van der Waals surface area contributed by atoms with E-state index >= 15 is 0 Å². The summed E-state index contributed by atoms with van der Waals surface area (Å²) in [6.07, 6.45) is 3.34. The maximum absolute atomic E-state index is 12.1. The van der Waals surface area contributed by atoms with Gasteiger partial charge in [0, 0.05) is 12.7 Å². The number of carbonyl (C=O) groups excluding carboxylic acids is 1. The van der Waals surface area contributed by atoms with Gasteiger partial charge in [-0.1, -0.05) is 6.07 Å². The van der Waals surface area contributed by atoms with E-state index < -0.39 is 0 Å². The highest BCUT2D eigenvalue weighted by molar-refractivity contribution is 5.95. The molecule has 0 spiro atoms. The second-order valence-corrected chi connectivity index (χ2v) is 5.04. The normalized spacial score (nSPS) is 10.6. The van der Waals surface area contributed by atoms with Gasteiger partial charge >= 0.3 is 0 Å². The SMILES string of the molecule is Cc1cc(C(=O)NCc2ccc(-c3ccco3)nc2)c(C)o1. The Labute approximate surface area is 128 Å². The first-order valence-corrected chi connectivity index (χ1v) is 6.97. The van der Waals surface area contributed by atoms with Crippen molar-refractivity contribution in [3.63, 3.8) is 0 Å². The average Bonchev–Trinajstić information content (AvgIpc) is 3.15. The van der Waals surface area contributed by atoms with Gasteiger partial charge in [0.15, 0.2) is 5.76 Å². The maximum atomic E-state index is 12.1. The Balaban J connectivity index is 1.64. The van der Waals surface area contributed by atoms with Crippen LogP contribution in [-0.4, -0.2) is 10.9 Å². The number of aryl methyl sites for hydroxylation is 2. The Morgan fingerprint density at radius 1 is 1.27 bits per heavy atom. The van der Waals surface area contributed by atoms with Gasteiger partial charge in [-0.2, -0.15) is 0 Å². The number of furan rings is 2. The zero-order valence-corrected chi connectivity index (χ0v) is 12.4. The molecule has 0 saturated heterocycles. The lowest BCUT2D eigenvalue weighted by Crippen LogP contribution is -2.23. The lowest BCUT2D eigenvalue weighted by atomic mass is 10.2. The first-order chi connectivity index (χ1) is 10.6. The Morgan fingerprint density at radius 3 is 2.73 bits per heavy atom. The minimum Gasteiger partial charge on any atom is -0.466 e. The molecule has 5 nitrogen and oxygen atoms in total. The summed E-state index contributed by atoms with van der Waals surface area (Å²) in [7, 11) is 0. The van der Waals surface area contributed by atoms with Crippen molar-refractivity contribution in [1.29, 1.82) is 0 Å². The molecule has 1 amide bonds. The number of hydrogen-bond donors (Lipinski definition) is 1. The Morgan fingerprint density at radius 2 is 2.14 bits per heavy atom. The number of nitrogens with one attached hydrogen (secondary N) is 1. The van der Waals surface area contributed by atoms with Crippen LogP contribution in [0, 0.1) is 13.8 Å². The minimum absolute atomic E-state index is 0.149. The molecule has 0 aliphatic rings. The van der Waals surface area contributed by atoms with E-state index in [2.05, 4.69) is 10.3 Å². The first-order valence-electron chi connectivity index (χ1n) is 6.97. The van der Waals surface area contributed by atoms with Crippen molar-refractivity contribution in [1.82, 2.24) is 10.3 Å². The number of aromatic nitrogens is 1. The quantitative estimate of drug-likeness (QED) is 0.800.